The third kappa shape index (κ3) is 1.96. The maximum atomic E-state index is 4.34. The topological polar surface area (TPSA) is 37.8 Å². The first kappa shape index (κ1) is 9.65. The summed E-state index contributed by atoms with van der Waals surface area (Å²) in [7, 11) is 1.90. The van der Waals surface area contributed by atoms with Gasteiger partial charge in [-0.1, -0.05) is 0 Å². The summed E-state index contributed by atoms with van der Waals surface area (Å²) < 4.78 is 0. The second-order valence-electron chi connectivity index (χ2n) is 3.37. The van der Waals surface area contributed by atoms with E-state index < -0.39 is 0 Å². The molecular formula is C12H13N3. The van der Waals surface area contributed by atoms with Gasteiger partial charge in [-0.15, -0.1) is 0 Å². The average Bonchev–Trinajstić information content (AvgIpc) is 2.30. The van der Waals surface area contributed by atoms with Gasteiger partial charge in [0.2, 0.25) is 0 Å². The van der Waals surface area contributed by atoms with E-state index in [2.05, 4.69) is 22.2 Å². The number of pyridine rings is 2. The van der Waals surface area contributed by atoms with Crippen LogP contribution in [-0.4, -0.2) is 17.0 Å². The van der Waals surface area contributed by atoms with Crippen molar-refractivity contribution in [3.63, 3.8) is 0 Å². The van der Waals surface area contributed by atoms with E-state index in [-0.39, 0.29) is 0 Å². The molecule has 0 aliphatic rings. The lowest BCUT2D eigenvalue weighted by molar-refractivity contribution is 1.24. The van der Waals surface area contributed by atoms with Crippen molar-refractivity contribution in [2.75, 3.05) is 12.4 Å². The molecule has 0 unspecified atom stereocenters. The smallest absolute Gasteiger partial charge is 0.0740 e. The highest BCUT2D eigenvalue weighted by Crippen LogP contribution is 2.21. The number of hydrogen-bond acceptors (Lipinski definition) is 3. The summed E-state index contributed by atoms with van der Waals surface area (Å²) in [5.74, 6) is 0. The van der Waals surface area contributed by atoms with Crippen molar-refractivity contribution in [1.82, 2.24) is 9.97 Å². The van der Waals surface area contributed by atoms with E-state index in [1.165, 1.54) is 5.56 Å². The number of aromatic nitrogens is 2. The summed E-state index contributed by atoms with van der Waals surface area (Å²) in [5.41, 5.74) is 4.27. The van der Waals surface area contributed by atoms with Crippen molar-refractivity contribution in [3.8, 4) is 11.3 Å². The van der Waals surface area contributed by atoms with Gasteiger partial charge in [0.05, 0.1) is 5.69 Å². The number of hydrogen-bond donors (Lipinski definition) is 1. The van der Waals surface area contributed by atoms with Crippen molar-refractivity contribution in [1.29, 1.82) is 0 Å². The lowest BCUT2D eigenvalue weighted by atomic mass is 10.1. The fourth-order valence-corrected chi connectivity index (χ4v) is 1.47. The largest absolute Gasteiger partial charge is 0.388 e. The van der Waals surface area contributed by atoms with E-state index in [1.807, 2.05) is 31.4 Å². The summed E-state index contributed by atoms with van der Waals surface area (Å²) in [6, 6.07) is 5.95. The van der Waals surface area contributed by atoms with Crippen LogP contribution in [0.15, 0.2) is 36.8 Å². The van der Waals surface area contributed by atoms with E-state index in [1.54, 1.807) is 12.4 Å². The molecule has 15 heavy (non-hydrogen) atoms. The maximum Gasteiger partial charge on any atom is 0.0740 e. The van der Waals surface area contributed by atoms with Crippen LogP contribution in [-0.2, 0) is 0 Å². The number of aryl methyl sites for hydroxylation is 1. The van der Waals surface area contributed by atoms with Crippen LogP contribution in [0.3, 0.4) is 0 Å². The normalized spacial score (nSPS) is 10.0. The quantitative estimate of drug-likeness (QED) is 0.807. The van der Waals surface area contributed by atoms with Crippen LogP contribution >= 0.6 is 0 Å². The van der Waals surface area contributed by atoms with Crippen molar-refractivity contribution >= 4 is 5.69 Å². The fraction of sp³-hybridized carbons (Fsp3) is 0.167. The molecule has 0 bridgehead atoms. The fourth-order valence-electron chi connectivity index (χ4n) is 1.47. The second-order valence-corrected chi connectivity index (χ2v) is 3.37. The van der Waals surface area contributed by atoms with E-state index >= 15 is 0 Å². The molecule has 3 nitrogen and oxygen atoms in total. The summed E-state index contributed by atoms with van der Waals surface area (Å²) in [6.45, 7) is 2.06. The van der Waals surface area contributed by atoms with Crippen LogP contribution in [0.25, 0.3) is 11.3 Å². The third-order valence-corrected chi connectivity index (χ3v) is 2.36. The van der Waals surface area contributed by atoms with Gasteiger partial charge in [0.15, 0.2) is 0 Å². The molecule has 0 aliphatic carbocycles. The first-order valence-corrected chi connectivity index (χ1v) is 4.86. The minimum Gasteiger partial charge on any atom is -0.388 e. The molecular weight excluding hydrogens is 186 g/mol. The van der Waals surface area contributed by atoms with Crippen LogP contribution in [0.1, 0.15) is 5.56 Å². The summed E-state index contributed by atoms with van der Waals surface area (Å²) >= 11 is 0. The molecule has 2 heterocycles. The van der Waals surface area contributed by atoms with Crippen LogP contribution in [0.5, 0.6) is 0 Å². The second kappa shape index (κ2) is 4.09. The molecule has 0 atom stereocenters. The molecule has 1 N–H and O–H groups in total. The van der Waals surface area contributed by atoms with Gasteiger partial charge in [0.25, 0.3) is 0 Å². The molecule has 76 valence electrons. The Hall–Kier alpha value is -1.90. The zero-order chi connectivity index (χ0) is 10.7. The van der Waals surface area contributed by atoms with Crippen molar-refractivity contribution in [2.24, 2.45) is 0 Å². The first-order chi connectivity index (χ1) is 7.31. The minimum atomic E-state index is 0.951. The predicted octanol–water partition coefficient (Wildman–Crippen LogP) is 2.49. The summed E-state index contributed by atoms with van der Waals surface area (Å²) in [4.78, 5) is 8.46. The Morgan fingerprint density at radius 2 is 2.07 bits per heavy atom. The van der Waals surface area contributed by atoms with Gasteiger partial charge in [0.1, 0.15) is 0 Å². The van der Waals surface area contributed by atoms with Gasteiger partial charge in [-0.25, -0.2) is 0 Å². The molecule has 0 aromatic carbocycles. The van der Waals surface area contributed by atoms with E-state index in [9.17, 15) is 0 Å². The van der Waals surface area contributed by atoms with Crippen molar-refractivity contribution in [2.45, 2.75) is 6.92 Å². The van der Waals surface area contributed by atoms with Gasteiger partial charge < -0.3 is 5.32 Å². The highest BCUT2D eigenvalue weighted by atomic mass is 14.8. The Kier molecular flexibility index (Phi) is 2.63. The Labute approximate surface area is 89.2 Å². The Morgan fingerprint density at radius 1 is 1.20 bits per heavy atom. The van der Waals surface area contributed by atoms with Gasteiger partial charge >= 0.3 is 0 Å². The van der Waals surface area contributed by atoms with E-state index in [4.69, 9.17) is 0 Å². The average molecular weight is 199 g/mol. The molecule has 0 spiro atoms. The molecule has 2 aromatic rings. The zero-order valence-corrected chi connectivity index (χ0v) is 8.86. The van der Waals surface area contributed by atoms with Crippen molar-refractivity contribution in [3.05, 3.63) is 42.4 Å². The zero-order valence-electron chi connectivity index (χ0n) is 8.86. The maximum absolute atomic E-state index is 4.34. The molecule has 3 heteroatoms. The van der Waals surface area contributed by atoms with Crippen LogP contribution < -0.4 is 5.32 Å². The van der Waals surface area contributed by atoms with Crippen LogP contribution in [0, 0.1) is 6.92 Å². The highest BCUT2D eigenvalue weighted by molar-refractivity contribution is 5.65. The number of rotatable bonds is 2. The number of nitrogens with one attached hydrogen (secondary N) is 1. The molecule has 0 aliphatic heterocycles. The number of anilines is 1. The van der Waals surface area contributed by atoms with Gasteiger partial charge in [-0.05, 0) is 30.7 Å². The third-order valence-electron chi connectivity index (χ3n) is 2.36. The van der Waals surface area contributed by atoms with Crippen LogP contribution in [0.4, 0.5) is 5.69 Å². The Bertz CT molecular complexity index is 466. The lowest BCUT2D eigenvalue weighted by Gasteiger charge is -2.05. The molecule has 0 saturated carbocycles. The summed E-state index contributed by atoms with van der Waals surface area (Å²) in [5, 5.41) is 3.10. The van der Waals surface area contributed by atoms with Gasteiger partial charge in [-0.3, -0.25) is 9.97 Å². The van der Waals surface area contributed by atoms with Crippen molar-refractivity contribution < 1.29 is 0 Å². The summed E-state index contributed by atoms with van der Waals surface area (Å²) in [6.07, 6.45) is 5.44. The predicted molar refractivity (Wildman–Crippen MR) is 61.8 cm³/mol. The molecule has 0 saturated heterocycles. The Balaban J connectivity index is 2.49. The molecule has 2 aromatic heterocycles. The Morgan fingerprint density at radius 3 is 2.80 bits per heavy atom. The first-order valence-electron chi connectivity index (χ1n) is 4.86. The van der Waals surface area contributed by atoms with E-state index in [0.29, 0.717) is 0 Å². The highest BCUT2D eigenvalue weighted by Gasteiger charge is 2.03. The molecule has 0 amide bonds. The van der Waals surface area contributed by atoms with Crippen LogP contribution in [0.2, 0.25) is 0 Å². The minimum absolute atomic E-state index is 0.951. The van der Waals surface area contributed by atoms with E-state index in [0.717, 1.165) is 16.9 Å². The standard InChI is InChI=1S/C12H13N3/c1-9-3-5-14-8-11(9)12-7-10(13-2)4-6-15-12/h3-8H,1-2H3,(H,13,15). The molecule has 0 fully saturated rings. The SMILES string of the molecule is CNc1ccnc(-c2cnccc2C)c1. The lowest BCUT2D eigenvalue weighted by Crippen LogP contribution is -1.92. The monoisotopic (exact) mass is 199 g/mol. The van der Waals surface area contributed by atoms with Gasteiger partial charge in [0, 0.05) is 36.9 Å². The molecule has 2 rings (SSSR count). The molecule has 0 radical (unpaired) electrons. The number of nitrogens with zero attached hydrogens (tertiary/aromatic N) is 2. The van der Waals surface area contributed by atoms with Gasteiger partial charge in [-0.2, -0.15) is 0 Å².